The molecule has 0 spiro atoms. The number of alkyl carbamates (subject to hydrolysis) is 1. The van der Waals surface area contributed by atoms with E-state index < -0.39 is 17.7 Å². The van der Waals surface area contributed by atoms with Gasteiger partial charge >= 0.3 is 6.09 Å². The zero-order chi connectivity index (χ0) is 24.5. The van der Waals surface area contributed by atoms with Gasteiger partial charge in [0.15, 0.2) is 5.43 Å². The van der Waals surface area contributed by atoms with E-state index in [4.69, 9.17) is 14.9 Å². The molecule has 174 valence electrons. The molecule has 0 bridgehead atoms. The third-order valence-corrected chi connectivity index (χ3v) is 5.21. The summed E-state index contributed by atoms with van der Waals surface area (Å²) < 4.78 is 11.7. The fraction of sp³-hybridized carbons (Fsp3) is 0.346. The summed E-state index contributed by atoms with van der Waals surface area (Å²) in [6, 6.07) is 8.68. The van der Waals surface area contributed by atoms with Crippen LogP contribution in [-0.2, 0) is 4.74 Å². The average molecular weight is 450 g/mol. The second-order valence-electron chi connectivity index (χ2n) is 9.22. The molecule has 1 aromatic heterocycles. The SMILES string of the molecule is CN=Cc1cc(-c2oc3c(C(C)NC(=O)OC(C)(C)C)cc(C)cc3c(=O)c2C)ccc1N. The van der Waals surface area contributed by atoms with Crippen molar-refractivity contribution in [1.82, 2.24) is 5.32 Å². The number of ether oxygens (including phenoxy) is 1. The first-order chi connectivity index (χ1) is 15.4. The van der Waals surface area contributed by atoms with Crippen molar-refractivity contribution in [3.8, 4) is 11.3 Å². The maximum absolute atomic E-state index is 13.3. The van der Waals surface area contributed by atoms with Gasteiger partial charge in [0.2, 0.25) is 0 Å². The standard InChI is InChI=1S/C26H31N3O4/c1-14-10-19(16(3)29-25(31)33-26(4,5)6)24-20(11-14)22(30)15(2)23(32-24)17-8-9-21(27)18(12-17)13-28-7/h8-13,16H,27H2,1-7H3,(H,29,31). The number of nitrogens with one attached hydrogen (secondary N) is 1. The molecule has 7 nitrogen and oxygen atoms in total. The molecule has 3 rings (SSSR count). The van der Waals surface area contributed by atoms with Crippen LogP contribution in [0.3, 0.4) is 0 Å². The zero-order valence-corrected chi connectivity index (χ0v) is 20.2. The fourth-order valence-corrected chi connectivity index (χ4v) is 3.69. The number of anilines is 1. The normalized spacial score (nSPS) is 12.8. The highest BCUT2D eigenvalue weighted by molar-refractivity contribution is 5.90. The number of nitrogens with two attached hydrogens (primary N) is 1. The number of aryl methyl sites for hydroxylation is 1. The van der Waals surface area contributed by atoms with Crippen LogP contribution < -0.4 is 16.5 Å². The van der Waals surface area contributed by atoms with Crippen LogP contribution in [0.4, 0.5) is 10.5 Å². The summed E-state index contributed by atoms with van der Waals surface area (Å²) in [7, 11) is 1.67. The molecular formula is C26H31N3O4. The van der Waals surface area contributed by atoms with Gasteiger partial charge in [-0.1, -0.05) is 6.07 Å². The number of aliphatic imine (C=N–C) groups is 1. The van der Waals surface area contributed by atoms with E-state index in [0.29, 0.717) is 33.5 Å². The second-order valence-corrected chi connectivity index (χ2v) is 9.22. The average Bonchev–Trinajstić information content (AvgIpc) is 2.71. The Balaban J connectivity index is 2.18. The van der Waals surface area contributed by atoms with Crippen molar-refractivity contribution in [2.24, 2.45) is 4.99 Å². The van der Waals surface area contributed by atoms with Gasteiger partial charge in [-0.3, -0.25) is 9.79 Å². The lowest BCUT2D eigenvalue weighted by Crippen LogP contribution is -2.34. The molecule has 2 aromatic carbocycles. The number of hydrogen-bond donors (Lipinski definition) is 2. The van der Waals surface area contributed by atoms with Crippen molar-refractivity contribution in [3.63, 3.8) is 0 Å². The molecule has 33 heavy (non-hydrogen) atoms. The molecule has 1 heterocycles. The van der Waals surface area contributed by atoms with E-state index in [1.165, 1.54) is 0 Å². The Hall–Kier alpha value is -3.61. The molecule has 1 amide bonds. The Morgan fingerprint density at radius 2 is 1.91 bits per heavy atom. The number of nitrogen functional groups attached to an aromatic ring is 1. The van der Waals surface area contributed by atoms with Gasteiger partial charge in [-0.05, 0) is 71.4 Å². The van der Waals surface area contributed by atoms with Crippen molar-refractivity contribution in [3.05, 3.63) is 62.8 Å². The predicted octanol–water partition coefficient (Wildman–Crippen LogP) is 5.29. The minimum absolute atomic E-state index is 0.122. The van der Waals surface area contributed by atoms with Crippen molar-refractivity contribution < 1.29 is 13.9 Å². The quantitative estimate of drug-likeness (QED) is 0.415. The van der Waals surface area contributed by atoms with Crippen molar-refractivity contribution >= 4 is 29.0 Å². The first-order valence-corrected chi connectivity index (χ1v) is 10.8. The fourth-order valence-electron chi connectivity index (χ4n) is 3.69. The Kier molecular flexibility index (Phi) is 6.63. The lowest BCUT2D eigenvalue weighted by molar-refractivity contribution is 0.0508. The smallest absolute Gasteiger partial charge is 0.408 e. The number of rotatable bonds is 4. The highest BCUT2D eigenvalue weighted by Crippen LogP contribution is 2.32. The van der Waals surface area contributed by atoms with Gasteiger partial charge in [0.05, 0.1) is 11.4 Å². The van der Waals surface area contributed by atoms with E-state index in [2.05, 4.69) is 10.3 Å². The largest absolute Gasteiger partial charge is 0.455 e. The van der Waals surface area contributed by atoms with Gasteiger partial charge in [-0.15, -0.1) is 0 Å². The number of carbonyl (C=O) groups excluding carboxylic acids is 1. The molecule has 0 radical (unpaired) electrons. The second kappa shape index (κ2) is 9.10. The number of carbonyl (C=O) groups is 1. The minimum Gasteiger partial charge on any atom is -0.455 e. The minimum atomic E-state index is -0.621. The molecule has 7 heteroatoms. The third-order valence-electron chi connectivity index (χ3n) is 5.21. The van der Waals surface area contributed by atoms with Gasteiger partial charge < -0.3 is 20.2 Å². The lowest BCUT2D eigenvalue weighted by atomic mass is 9.98. The summed E-state index contributed by atoms with van der Waals surface area (Å²) in [6.45, 7) is 10.9. The topological polar surface area (TPSA) is 107 Å². The van der Waals surface area contributed by atoms with E-state index in [9.17, 15) is 9.59 Å². The van der Waals surface area contributed by atoms with Crippen molar-refractivity contribution in [1.29, 1.82) is 0 Å². The maximum atomic E-state index is 13.3. The Morgan fingerprint density at radius 3 is 2.55 bits per heavy atom. The molecule has 0 aliphatic heterocycles. The van der Waals surface area contributed by atoms with Crippen LogP contribution >= 0.6 is 0 Å². The van der Waals surface area contributed by atoms with Crippen LogP contribution in [0.15, 0.2) is 44.5 Å². The van der Waals surface area contributed by atoms with Crippen LogP contribution in [0.1, 0.15) is 56.0 Å². The number of benzene rings is 2. The summed E-state index contributed by atoms with van der Waals surface area (Å²) >= 11 is 0. The van der Waals surface area contributed by atoms with E-state index >= 15 is 0 Å². The molecule has 0 saturated carbocycles. The number of fused-ring (bicyclic) bond motifs is 1. The molecule has 0 aliphatic carbocycles. The van der Waals surface area contributed by atoms with Gasteiger partial charge in [-0.2, -0.15) is 0 Å². The highest BCUT2D eigenvalue weighted by atomic mass is 16.6. The monoisotopic (exact) mass is 449 g/mol. The summed E-state index contributed by atoms with van der Waals surface area (Å²) in [4.78, 5) is 29.7. The molecule has 3 N–H and O–H groups in total. The summed E-state index contributed by atoms with van der Waals surface area (Å²) in [5.41, 5.74) is 9.85. The predicted molar refractivity (Wildman–Crippen MR) is 133 cm³/mol. The Morgan fingerprint density at radius 1 is 1.21 bits per heavy atom. The molecule has 3 aromatic rings. The first kappa shape index (κ1) is 24.0. The van der Waals surface area contributed by atoms with Gasteiger partial charge in [-0.25, -0.2) is 4.79 Å². The number of nitrogens with zero attached hydrogens (tertiary/aromatic N) is 1. The van der Waals surface area contributed by atoms with Gasteiger partial charge in [0.25, 0.3) is 0 Å². The number of hydrogen-bond acceptors (Lipinski definition) is 6. The van der Waals surface area contributed by atoms with E-state index in [0.717, 1.165) is 16.7 Å². The van der Waals surface area contributed by atoms with E-state index in [-0.39, 0.29) is 5.43 Å². The van der Waals surface area contributed by atoms with Crippen LogP contribution in [0.25, 0.3) is 22.3 Å². The molecule has 0 saturated heterocycles. The van der Waals surface area contributed by atoms with Crippen molar-refractivity contribution in [2.45, 2.75) is 53.2 Å². The van der Waals surface area contributed by atoms with Gasteiger partial charge in [0, 0.05) is 41.2 Å². The van der Waals surface area contributed by atoms with Crippen LogP contribution in [-0.4, -0.2) is 25.0 Å². The molecular weight excluding hydrogens is 418 g/mol. The maximum Gasteiger partial charge on any atom is 0.408 e. The Labute approximate surface area is 193 Å². The summed E-state index contributed by atoms with van der Waals surface area (Å²) in [5.74, 6) is 0.452. The molecule has 1 atom stereocenters. The van der Waals surface area contributed by atoms with Crippen LogP contribution in [0.5, 0.6) is 0 Å². The van der Waals surface area contributed by atoms with E-state index in [1.807, 2.05) is 32.0 Å². The highest BCUT2D eigenvalue weighted by Gasteiger charge is 2.22. The third kappa shape index (κ3) is 5.25. The molecule has 0 fully saturated rings. The Bertz CT molecular complexity index is 1300. The number of amides is 1. The molecule has 1 unspecified atom stereocenters. The van der Waals surface area contributed by atoms with Gasteiger partial charge in [0.1, 0.15) is 16.9 Å². The van der Waals surface area contributed by atoms with E-state index in [1.54, 1.807) is 53.1 Å². The van der Waals surface area contributed by atoms with Crippen molar-refractivity contribution in [2.75, 3.05) is 12.8 Å². The molecule has 0 aliphatic rings. The van der Waals surface area contributed by atoms with Crippen LogP contribution in [0.2, 0.25) is 0 Å². The lowest BCUT2D eigenvalue weighted by Gasteiger charge is -2.22. The first-order valence-electron chi connectivity index (χ1n) is 10.8. The summed E-state index contributed by atoms with van der Waals surface area (Å²) in [5, 5.41) is 3.31. The zero-order valence-electron chi connectivity index (χ0n) is 20.2. The summed E-state index contributed by atoms with van der Waals surface area (Å²) in [6.07, 6.45) is 1.12. The van der Waals surface area contributed by atoms with Crippen LogP contribution in [0, 0.1) is 13.8 Å².